The van der Waals surface area contributed by atoms with E-state index in [4.69, 9.17) is 0 Å². The second kappa shape index (κ2) is 5.59. The number of aryl methyl sites for hydroxylation is 1. The molecule has 1 aromatic carbocycles. The Balaban J connectivity index is 1.89. The fraction of sp³-hybridized carbons (Fsp3) is 0.333. The van der Waals surface area contributed by atoms with Crippen LogP contribution in [-0.4, -0.2) is 49.2 Å². The summed E-state index contributed by atoms with van der Waals surface area (Å²) in [7, 11) is 0. The third-order valence-electron chi connectivity index (χ3n) is 3.92. The maximum atomic E-state index is 12.6. The quantitative estimate of drug-likeness (QED) is 0.922. The Labute approximate surface area is 127 Å². The van der Waals surface area contributed by atoms with E-state index in [1.165, 1.54) is 11.2 Å². The molecule has 0 aliphatic carbocycles. The number of carbonyl (C=O) groups excluding carboxylic acids is 1. The smallest absolute Gasteiger partial charge is 0.326 e. The van der Waals surface area contributed by atoms with Gasteiger partial charge in [0.05, 0.1) is 5.69 Å². The first-order valence-corrected chi connectivity index (χ1v) is 7.07. The van der Waals surface area contributed by atoms with Crippen molar-refractivity contribution in [1.29, 1.82) is 0 Å². The summed E-state index contributed by atoms with van der Waals surface area (Å²) in [6.45, 7) is 2.32. The number of carboxylic acid groups (broad SMARTS) is 1. The van der Waals surface area contributed by atoms with E-state index in [2.05, 4.69) is 10.1 Å². The van der Waals surface area contributed by atoms with Crippen LogP contribution in [-0.2, 0) is 4.79 Å². The second-order valence-corrected chi connectivity index (χ2v) is 5.33. The van der Waals surface area contributed by atoms with Crippen LogP contribution >= 0.6 is 0 Å². The van der Waals surface area contributed by atoms with Crippen LogP contribution in [0.15, 0.2) is 30.9 Å². The van der Waals surface area contributed by atoms with E-state index in [9.17, 15) is 14.7 Å². The summed E-state index contributed by atoms with van der Waals surface area (Å²) in [5.74, 6) is -1.17. The minimum Gasteiger partial charge on any atom is -0.480 e. The average molecular weight is 300 g/mol. The molecule has 3 rings (SSSR count). The maximum absolute atomic E-state index is 12.6. The van der Waals surface area contributed by atoms with Gasteiger partial charge in [0.15, 0.2) is 0 Å². The molecule has 1 aliphatic rings. The van der Waals surface area contributed by atoms with Gasteiger partial charge < -0.3 is 10.0 Å². The van der Waals surface area contributed by atoms with Gasteiger partial charge in [-0.3, -0.25) is 4.79 Å². The largest absolute Gasteiger partial charge is 0.480 e. The number of carbonyl (C=O) groups is 2. The van der Waals surface area contributed by atoms with Gasteiger partial charge in [0.25, 0.3) is 5.91 Å². The number of hydrogen-bond donors (Lipinski definition) is 1. The molecular weight excluding hydrogens is 284 g/mol. The third-order valence-corrected chi connectivity index (χ3v) is 3.92. The van der Waals surface area contributed by atoms with Crippen LogP contribution in [0.25, 0.3) is 5.69 Å². The first-order valence-electron chi connectivity index (χ1n) is 7.07. The predicted octanol–water partition coefficient (Wildman–Crippen LogP) is 1.26. The summed E-state index contributed by atoms with van der Waals surface area (Å²) in [4.78, 5) is 29.2. The van der Waals surface area contributed by atoms with E-state index < -0.39 is 12.0 Å². The highest BCUT2D eigenvalue weighted by atomic mass is 16.4. The lowest BCUT2D eigenvalue weighted by Crippen LogP contribution is -2.40. The third kappa shape index (κ3) is 2.45. The molecule has 1 saturated heterocycles. The molecule has 1 amide bonds. The zero-order valence-electron chi connectivity index (χ0n) is 12.1. The zero-order valence-corrected chi connectivity index (χ0v) is 12.1. The summed E-state index contributed by atoms with van der Waals surface area (Å²) in [5.41, 5.74) is 2.12. The number of carboxylic acids is 1. The van der Waals surface area contributed by atoms with Crippen LogP contribution in [0.3, 0.4) is 0 Å². The van der Waals surface area contributed by atoms with E-state index in [-0.39, 0.29) is 5.91 Å². The van der Waals surface area contributed by atoms with Gasteiger partial charge in [-0.2, -0.15) is 5.10 Å². The van der Waals surface area contributed by atoms with Gasteiger partial charge in [-0.1, -0.05) is 0 Å². The molecule has 0 unspecified atom stereocenters. The first kappa shape index (κ1) is 14.2. The van der Waals surface area contributed by atoms with Crippen LogP contribution in [0.5, 0.6) is 0 Å². The number of amides is 1. The zero-order chi connectivity index (χ0) is 15.7. The van der Waals surface area contributed by atoms with Gasteiger partial charge in [-0.15, -0.1) is 0 Å². The molecule has 0 bridgehead atoms. The van der Waals surface area contributed by atoms with Crippen molar-refractivity contribution in [3.05, 3.63) is 42.0 Å². The molecule has 2 aromatic rings. The lowest BCUT2D eigenvalue weighted by atomic mass is 10.1. The number of likely N-dealkylation sites (tertiary alicyclic amines) is 1. The Hall–Kier alpha value is -2.70. The van der Waals surface area contributed by atoms with Crippen molar-refractivity contribution >= 4 is 11.9 Å². The Morgan fingerprint density at radius 3 is 2.82 bits per heavy atom. The van der Waals surface area contributed by atoms with Crippen molar-refractivity contribution in [3.63, 3.8) is 0 Å². The lowest BCUT2D eigenvalue weighted by molar-refractivity contribution is -0.141. The molecule has 0 spiro atoms. The molecule has 1 aliphatic heterocycles. The van der Waals surface area contributed by atoms with Gasteiger partial charge in [0.1, 0.15) is 18.7 Å². The minimum atomic E-state index is -0.942. The molecule has 0 radical (unpaired) electrons. The normalized spacial score (nSPS) is 17.7. The summed E-state index contributed by atoms with van der Waals surface area (Å²) in [6, 6.07) is 4.61. The average Bonchev–Trinajstić information content (AvgIpc) is 3.17. The lowest BCUT2D eigenvalue weighted by Gasteiger charge is -2.22. The Bertz CT molecular complexity index is 712. The predicted molar refractivity (Wildman–Crippen MR) is 77.8 cm³/mol. The SMILES string of the molecule is Cc1cc(-n2cncn2)ccc1C(=O)N1CCC[C@@H]1C(=O)O. The molecular formula is C15H16N4O3. The summed E-state index contributed by atoms with van der Waals surface area (Å²) in [6.07, 6.45) is 4.25. The van der Waals surface area contributed by atoms with Crippen LogP contribution in [0.2, 0.25) is 0 Å². The van der Waals surface area contributed by atoms with Crippen LogP contribution in [0.4, 0.5) is 0 Å². The molecule has 1 aromatic heterocycles. The Kier molecular flexibility index (Phi) is 3.62. The first-order chi connectivity index (χ1) is 10.6. The van der Waals surface area contributed by atoms with E-state index in [1.807, 2.05) is 13.0 Å². The monoisotopic (exact) mass is 300 g/mol. The standard InChI is InChI=1S/C15H16N4O3/c1-10-7-11(19-9-16-8-17-19)4-5-12(10)14(20)18-6-2-3-13(18)15(21)22/h4-5,7-9,13H,2-3,6H2,1H3,(H,21,22)/t13-/m1/s1. The number of hydrogen-bond acceptors (Lipinski definition) is 4. The summed E-state index contributed by atoms with van der Waals surface area (Å²) in [5, 5.41) is 13.3. The number of aliphatic carboxylic acids is 1. The molecule has 1 atom stereocenters. The highest BCUT2D eigenvalue weighted by Crippen LogP contribution is 2.23. The van der Waals surface area contributed by atoms with E-state index >= 15 is 0 Å². The Morgan fingerprint density at radius 2 is 2.18 bits per heavy atom. The van der Waals surface area contributed by atoms with E-state index in [0.717, 1.165) is 17.7 Å². The van der Waals surface area contributed by atoms with Crippen molar-refractivity contribution < 1.29 is 14.7 Å². The van der Waals surface area contributed by atoms with Crippen molar-refractivity contribution in [2.75, 3.05) is 6.54 Å². The highest BCUT2D eigenvalue weighted by molar-refractivity contribution is 5.98. The van der Waals surface area contributed by atoms with Gasteiger partial charge in [-0.05, 0) is 43.5 Å². The fourth-order valence-electron chi connectivity index (χ4n) is 2.79. The number of nitrogens with zero attached hydrogens (tertiary/aromatic N) is 4. The minimum absolute atomic E-state index is 0.229. The van der Waals surface area contributed by atoms with Gasteiger partial charge in [0, 0.05) is 12.1 Å². The van der Waals surface area contributed by atoms with E-state index in [0.29, 0.717) is 18.5 Å². The Morgan fingerprint density at radius 1 is 1.36 bits per heavy atom. The highest BCUT2D eigenvalue weighted by Gasteiger charge is 2.34. The van der Waals surface area contributed by atoms with Gasteiger partial charge >= 0.3 is 5.97 Å². The molecule has 0 saturated carbocycles. The van der Waals surface area contributed by atoms with Crippen molar-refractivity contribution in [2.24, 2.45) is 0 Å². The second-order valence-electron chi connectivity index (χ2n) is 5.33. The van der Waals surface area contributed by atoms with Crippen LogP contribution in [0, 0.1) is 6.92 Å². The summed E-state index contributed by atoms with van der Waals surface area (Å²) < 4.78 is 1.61. The van der Waals surface area contributed by atoms with Crippen LogP contribution in [0.1, 0.15) is 28.8 Å². The molecule has 22 heavy (non-hydrogen) atoms. The number of aromatic nitrogens is 3. The van der Waals surface area contributed by atoms with Gasteiger partial charge in [-0.25, -0.2) is 14.5 Å². The molecule has 1 N–H and O–H groups in total. The number of rotatable bonds is 3. The van der Waals surface area contributed by atoms with E-state index in [1.54, 1.807) is 23.1 Å². The molecule has 7 heteroatoms. The van der Waals surface area contributed by atoms with Gasteiger partial charge in [0.2, 0.25) is 0 Å². The molecule has 7 nitrogen and oxygen atoms in total. The van der Waals surface area contributed by atoms with Crippen molar-refractivity contribution in [3.8, 4) is 5.69 Å². The molecule has 1 fully saturated rings. The van der Waals surface area contributed by atoms with Crippen LogP contribution < -0.4 is 0 Å². The molecule has 114 valence electrons. The van der Waals surface area contributed by atoms with Crippen molar-refractivity contribution in [2.45, 2.75) is 25.8 Å². The van der Waals surface area contributed by atoms with Crippen molar-refractivity contribution in [1.82, 2.24) is 19.7 Å². The molecule has 2 heterocycles. The topological polar surface area (TPSA) is 88.3 Å². The maximum Gasteiger partial charge on any atom is 0.326 e. The number of benzene rings is 1. The fourth-order valence-corrected chi connectivity index (χ4v) is 2.79. The summed E-state index contributed by atoms with van der Waals surface area (Å²) >= 11 is 0.